The van der Waals surface area contributed by atoms with Crippen LogP contribution in [-0.4, -0.2) is 30.5 Å². The Kier molecular flexibility index (Phi) is 5.74. The highest BCUT2D eigenvalue weighted by atomic mass is 28.3. The van der Waals surface area contributed by atoms with Gasteiger partial charge in [0.2, 0.25) is 0 Å². The summed E-state index contributed by atoms with van der Waals surface area (Å²) < 4.78 is 2.53. The zero-order valence-corrected chi connectivity index (χ0v) is 17.7. The quantitative estimate of drug-likeness (QED) is 0.601. The summed E-state index contributed by atoms with van der Waals surface area (Å²) in [6.07, 6.45) is 1.65. The van der Waals surface area contributed by atoms with Gasteiger partial charge in [-0.05, 0) is 35.7 Å². The number of amides is 1. The lowest BCUT2D eigenvalue weighted by atomic mass is 10.2. The fraction of sp³-hybridized carbons (Fsp3) is 0.579. The van der Waals surface area contributed by atoms with Crippen molar-refractivity contribution < 1.29 is 9.63 Å². The van der Waals surface area contributed by atoms with Crippen molar-refractivity contribution in [3.05, 3.63) is 29.6 Å². The number of nitrogens with one attached hydrogen (secondary N) is 1. The minimum Gasteiger partial charge on any atom is -0.356 e. The molecule has 5 nitrogen and oxygen atoms in total. The van der Waals surface area contributed by atoms with Gasteiger partial charge in [0.25, 0.3) is 5.91 Å². The van der Waals surface area contributed by atoms with E-state index >= 15 is 0 Å². The molecule has 6 heteroatoms. The molecule has 2 aromatic heterocycles. The third kappa shape index (κ3) is 3.13. The standard InChI is InChI=1S/C19H31N3O2Si/c1-12(2)25(13(3)4,14(5)6)22-15(7)9-16-10-17(11-20-18(16)22)19(23)21-24-8/h9-14H,1-8H3,(H,21,23). The molecule has 138 valence electrons. The van der Waals surface area contributed by atoms with Gasteiger partial charge < -0.3 is 4.23 Å². The van der Waals surface area contributed by atoms with Crippen LogP contribution in [0.2, 0.25) is 16.6 Å². The van der Waals surface area contributed by atoms with Crippen LogP contribution in [-0.2, 0) is 4.84 Å². The predicted molar refractivity (Wildman–Crippen MR) is 105 cm³/mol. The largest absolute Gasteiger partial charge is 0.356 e. The molecule has 0 fully saturated rings. The Hall–Kier alpha value is -1.66. The highest BCUT2D eigenvalue weighted by Gasteiger charge is 2.46. The second kappa shape index (κ2) is 7.29. The van der Waals surface area contributed by atoms with E-state index in [2.05, 4.69) is 64.2 Å². The van der Waals surface area contributed by atoms with Crippen LogP contribution < -0.4 is 5.48 Å². The van der Waals surface area contributed by atoms with Crippen LogP contribution >= 0.6 is 0 Å². The molecule has 0 bridgehead atoms. The van der Waals surface area contributed by atoms with Crippen molar-refractivity contribution in [1.29, 1.82) is 0 Å². The van der Waals surface area contributed by atoms with Crippen LogP contribution in [0.4, 0.5) is 0 Å². The number of hydrogen-bond donors (Lipinski definition) is 1. The molecule has 25 heavy (non-hydrogen) atoms. The first-order valence-corrected chi connectivity index (χ1v) is 11.2. The molecule has 0 aliphatic heterocycles. The summed E-state index contributed by atoms with van der Waals surface area (Å²) in [6.45, 7) is 16.2. The number of aryl methyl sites for hydroxylation is 1. The Morgan fingerprint density at radius 1 is 1.12 bits per heavy atom. The maximum Gasteiger partial charge on any atom is 0.276 e. The average molecular weight is 362 g/mol. The first kappa shape index (κ1) is 19.7. The van der Waals surface area contributed by atoms with Crippen LogP contribution in [0.25, 0.3) is 11.0 Å². The summed E-state index contributed by atoms with van der Waals surface area (Å²) in [7, 11) is -0.462. The van der Waals surface area contributed by atoms with Gasteiger partial charge in [-0.25, -0.2) is 10.5 Å². The summed E-state index contributed by atoms with van der Waals surface area (Å²) in [5.74, 6) is -0.276. The molecular formula is C19H31N3O2Si. The van der Waals surface area contributed by atoms with Crippen molar-refractivity contribution >= 4 is 25.2 Å². The molecule has 0 aliphatic rings. The second-order valence-electron chi connectivity index (χ2n) is 7.74. The van der Waals surface area contributed by atoms with E-state index in [9.17, 15) is 4.79 Å². The molecule has 0 aliphatic carbocycles. The molecule has 0 unspecified atom stereocenters. The average Bonchev–Trinajstić information content (AvgIpc) is 2.83. The maximum absolute atomic E-state index is 12.0. The topological polar surface area (TPSA) is 56.1 Å². The molecule has 2 heterocycles. The first-order chi connectivity index (χ1) is 11.7. The van der Waals surface area contributed by atoms with E-state index < -0.39 is 8.24 Å². The predicted octanol–water partition coefficient (Wildman–Crippen LogP) is 4.66. The highest BCUT2D eigenvalue weighted by Crippen LogP contribution is 2.44. The lowest BCUT2D eigenvalue weighted by molar-refractivity contribution is 0.0537. The van der Waals surface area contributed by atoms with Gasteiger partial charge in [-0.2, -0.15) is 0 Å². The lowest BCUT2D eigenvalue weighted by Crippen LogP contribution is -2.52. The SMILES string of the molecule is CONC(=O)c1cnc2c(c1)cc(C)n2[Si](C(C)C)(C(C)C)C(C)C. The van der Waals surface area contributed by atoms with Crippen molar-refractivity contribution in [1.82, 2.24) is 14.7 Å². The molecule has 1 N–H and O–H groups in total. The Bertz CT molecular complexity index is 744. The minimum atomic E-state index is -1.89. The molecule has 0 spiro atoms. The van der Waals surface area contributed by atoms with Gasteiger partial charge in [-0.15, -0.1) is 0 Å². The third-order valence-corrected chi connectivity index (χ3v) is 12.3. The number of rotatable bonds is 6. The van der Waals surface area contributed by atoms with E-state index in [1.54, 1.807) is 6.20 Å². The number of hydrogen-bond acceptors (Lipinski definition) is 3. The minimum absolute atomic E-state index is 0.276. The van der Waals surface area contributed by atoms with Gasteiger partial charge >= 0.3 is 0 Å². The van der Waals surface area contributed by atoms with Crippen molar-refractivity contribution in [3.8, 4) is 0 Å². The van der Waals surface area contributed by atoms with E-state index in [-0.39, 0.29) is 5.91 Å². The van der Waals surface area contributed by atoms with Crippen LogP contribution in [0.1, 0.15) is 57.6 Å². The fourth-order valence-corrected chi connectivity index (χ4v) is 11.5. The molecule has 0 aromatic carbocycles. The van der Waals surface area contributed by atoms with Crippen molar-refractivity contribution in [2.24, 2.45) is 0 Å². The molecular weight excluding hydrogens is 330 g/mol. The molecule has 0 atom stereocenters. The van der Waals surface area contributed by atoms with E-state index in [0.29, 0.717) is 22.2 Å². The molecule has 2 rings (SSSR count). The molecule has 0 saturated heterocycles. The number of carbonyl (C=O) groups excluding carboxylic acids is 1. The Balaban J connectivity index is 2.73. The van der Waals surface area contributed by atoms with Crippen LogP contribution in [0.3, 0.4) is 0 Å². The Labute approximate surface area is 151 Å². The number of pyridine rings is 1. The van der Waals surface area contributed by atoms with Gasteiger partial charge in [0.15, 0.2) is 8.24 Å². The number of nitrogens with zero attached hydrogens (tertiary/aromatic N) is 2. The van der Waals surface area contributed by atoms with Gasteiger partial charge in [-0.1, -0.05) is 41.5 Å². The van der Waals surface area contributed by atoms with Crippen molar-refractivity contribution in [2.45, 2.75) is 65.1 Å². The third-order valence-electron chi connectivity index (χ3n) is 5.44. The summed E-state index contributed by atoms with van der Waals surface area (Å²) >= 11 is 0. The van der Waals surface area contributed by atoms with Crippen molar-refractivity contribution in [2.75, 3.05) is 7.11 Å². The smallest absolute Gasteiger partial charge is 0.276 e. The first-order valence-electron chi connectivity index (χ1n) is 8.99. The van der Waals surface area contributed by atoms with Gasteiger partial charge in [0.1, 0.15) is 5.65 Å². The number of hydroxylamine groups is 1. The summed E-state index contributed by atoms with van der Waals surface area (Å²) in [5, 5.41) is 1.01. The van der Waals surface area contributed by atoms with E-state index in [1.165, 1.54) is 12.8 Å². The second-order valence-corrected chi connectivity index (χ2v) is 13.4. The van der Waals surface area contributed by atoms with E-state index in [0.717, 1.165) is 11.0 Å². The number of fused-ring (bicyclic) bond motifs is 1. The number of aromatic nitrogens is 2. The fourth-order valence-electron chi connectivity index (χ4n) is 4.76. The zero-order chi connectivity index (χ0) is 18.9. The maximum atomic E-state index is 12.0. The molecule has 2 aromatic rings. The number of carbonyl (C=O) groups is 1. The van der Waals surface area contributed by atoms with Gasteiger partial charge in [0.05, 0.1) is 12.7 Å². The monoisotopic (exact) mass is 361 g/mol. The Morgan fingerprint density at radius 3 is 2.16 bits per heavy atom. The Morgan fingerprint density at radius 2 is 1.68 bits per heavy atom. The van der Waals surface area contributed by atoms with Crippen LogP contribution in [0.15, 0.2) is 18.3 Å². The summed E-state index contributed by atoms with van der Waals surface area (Å²) in [5.41, 5.74) is 6.84. The lowest BCUT2D eigenvalue weighted by Gasteiger charge is -2.45. The highest BCUT2D eigenvalue weighted by molar-refractivity contribution is 6.82. The van der Waals surface area contributed by atoms with Crippen LogP contribution in [0.5, 0.6) is 0 Å². The zero-order valence-electron chi connectivity index (χ0n) is 16.7. The van der Waals surface area contributed by atoms with E-state index in [1.807, 2.05) is 6.07 Å². The summed E-state index contributed by atoms with van der Waals surface area (Å²) in [4.78, 5) is 21.4. The van der Waals surface area contributed by atoms with Gasteiger partial charge in [-0.3, -0.25) is 9.63 Å². The van der Waals surface area contributed by atoms with E-state index in [4.69, 9.17) is 9.82 Å². The van der Waals surface area contributed by atoms with Crippen LogP contribution in [0, 0.1) is 6.92 Å². The molecule has 0 radical (unpaired) electrons. The summed E-state index contributed by atoms with van der Waals surface area (Å²) in [6, 6.07) is 4.06. The van der Waals surface area contributed by atoms with Gasteiger partial charge in [0, 0.05) is 17.3 Å². The molecule has 1 amide bonds. The molecule has 0 saturated carbocycles. The normalized spacial score (nSPS) is 12.6. The van der Waals surface area contributed by atoms with Crippen molar-refractivity contribution in [3.63, 3.8) is 0 Å².